The van der Waals surface area contributed by atoms with Crippen LogP contribution in [0.25, 0.3) is 0 Å². The van der Waals surface area contributed by atoms with E-state index in [1.807, 2.05) is 17.0 Å². The molecule has 0 spiro atoms. The Morgan fingerprint density at radius 3 is 2.26 bits per heavy atom. The van der Waals surface area contributed by atoms with Gasteiger partial charge in [-0.25, -0.2) is 4.79 Å². The molecule has 5 aliphatic carbocycles. The van der Waals surface area contributed by atoms with E-state index in [-0.39, 0.29) is 30.2 Å². The van der Waals surface area contributed by atoms with Crippen LogP contribution in [0.2, 0.25) is 0 Å². The van der Waals surface area contributed by atoms with Crippen LogP contribution in [0.4, 0.5) is 10.5 Å². The van der Waals surface area contributed by atoms with Gasteiger partial charge in [0.2, 0.25) is 5.91 Å². The Morgan fingerprint density at radius 2 is 1.62 bits per heavy atom. The van der Waals surface area contributed by atoms with Crippen molar-refractivity contribution in [1.29, 1.82) is 0 Å². The van der Waals surface area contributed by atoms with Gasteiger partial charge in [-0.15, -0.1) is 0 Å². The van der Waals surface area contributed by atoms with E-state index in [2.05, 4.69) is 0 Å². The number of primary amides is 1. The summed E-state index contributed by atoms with van der Waals surface area (Å²) in [6.45, 7) is 0.189. The van der Waals surface area contributed by atoms with Crippen LogP contribution in [0, 0.1) is 35.5 Å². The molecule has 39 heavy (non-hydrogen) atoms. The highest BCUT2D eigenvalue weighted by Crippen LogP contribution is 2.56. The minimum atomic E-state index is -0.713. The summed E-state index contributed by atoms with van der Waals surface area (Å²) in [4.78, 5) is 44.8. The van der Waals surface area contributed by atoms with Crippen molar-refractivity contribution >= 4 is 23.4 Å². The summed E-state index contributed by atoms with van der Waals surface area (Å²) < 4.78 is 5.39. The number of urea groups is 1. The number of Topliss-reactive ketones (excluding diaryl/α,β-unsaturated/α-hetero) is 1. The number of likely N-dealkylation sites (tertiary alicyclic amines) is 1. The third-order valence-electron chi connectivity index (χ3n) is 10.9. The highest BCUT2D eigenvalue weighted by atomic mass is 16.5. The number of hydrogen-bond acceptors (Lipinski definition) is 4. The SMILES string of the molecule is COc1cccc(N(C(N)=O)C2CCCC(C3CCCCC3)N(CC(=O)C3C4CC5CC(C4)CC3C5)C2=O)c1. The largest absolute Gasteiger partial charge is 0.497 e. The Morgan fingerprint density at radius 1 is 0.923 bits per heavy atom. The van der Waals surface area contributed by atoms with Crippen molar-refractivity contribution in [3.63, 3.8) is 0 Å². The van der Waals surface area contributed by atoms with Crippen LogP contribution in [0.3, 0.4) is 0 Å². The molecule has 6 aliphatic rings. The fourth-order valence-electron chi connectivity index (χ4n) is 9.54. The fourth-order valence-corrected chi connectivity index (χ4v) is 9.54. The Kier molecular flexibility index (Phi) is 7.60. The van der Waals surface area contributed by atoms with E-state index < -0.39 is 12.1 Å². The Balaban J connectivity index is 1.29. The van der Waals surface area contributed by atoms with E-state index >= 15 is 0 Å². The van der Waals surface area contributed by atoms with Crippen molar-refractivity contribution in [3.05, 3.63) is 24.3 Å². The minimum Gasteiger partial charge on any atom is -0.497 e. The predicted octanol–water partition coefficient (Wildman–Crippen LogP) is 5.55. The number of rotatable bonds is 7. The lowest BCUT2D eigenvalue weighted by molar-refractivity contribution is -0.146. The Hall–Kier alpha value is -2.57. The first-order chi connectivity index (χ1) is 18.9. The van der Waals surface area contributed by atoms with Gasteiger partial charge in [-0.2, -0.15) is 0 Å². The number of ketones is 1. The summed E-state index contributed by atoms with van der Waals surface area (Å²) in [5.74, 6) is 3.90. The number of hydrogen-bond donors (Lipinski definition) is 1. The molecule has 3 amide bonds. The zero-order valence-corrected chi connectivity index (χ0v) is 23.4. The number of amides is 3. The van der Waals surface area contributed by atoms with Gasteiger partial charge in [0.1, 0.15) is 11.8 Å². The number of methoxy groups -OCH3 is 1. The maximum absolute atomic E-state index is 14.5. The summed E-state index contributed by atoms with van der Waals surface area (Å²) >= 11 is 0. The molecular formula is C32H45N3O4. The van der Waals surface area contributed by atoms with Gasteiger partial charge in [-0.3, -0.25) is 14.5 Å². The van der Waals surface area contributed by atoms with Crippen LogP contribution in [0.1, 0.15) is 83.5 Å². The quantitative estimate of drug-likeness (QED) is 0.495. The monoisotopic (exact) mass is 535 g/mol. The van der Waals surface area contributed by atoms with Crippen LogP contribution in [0.15, 0.2) is 24.3 Å². The molecule has 7 heteroatoms. The zero-order valence-electron chi connectivity index (χ0n) is 23.4. The lowest BCUT2D eigenvalue weighted by atomic mass is 9.51. The highest BCUT2D eigenvalue weighted by Gasteiger charge is 2.51. The Labute approximate surface area is 232 Å². The first-order valence-electron chi connectivity index (χ1n) is 15.5. The molecule has 1 aromatic carbocycles. The number of nitrogens with zero attached hydrogens (tertiary/aromatic N) is 2. The van der Waals surface area contributed by atoms with E-state index in [0.29, 0.717) is 35.6 Å². The molecule has 2 N–H and O–H groups in total. The van der Waals surface area contributed by atoms with Gasteiger partial charge in [0, 0.05) is 18.0 Å². The lowest BCUT2D eigenvalue weighted by Gasteiger charge is -2.54. The minimum absolute atomic E-state index is 0.0589. The number of carbonyl (C=O) groups excluding carboxylic acids is 3. The Bertz CT molecular complexity index is 1050. The van der Waals surface area contributed by atoms with Gasteiger partial charge < -0.3 is 15.4 Å². The summed E-state index contributed by atoms with van der Waals surface area (Å²) in [5, 5.41) is 0. The molecular weight excluding hydrogens is 490 g/mol. The molecule has 2 atom stereocenters. The van der Waals surface area contributed by atoms with Crippen molar-refractivity contribution in [1.82, 2.24) is 4.90 Å². The molecule has 0 radical (unpaired) electrons. The molecule has 212 valence electrons. The molecule has 0 aromatic heterocycles. The topological polar surface area (TPSA) is 92.9 Å². The van der Waals surface area contributed by atoms with E-state index in [1.165, 1.54) is 56.3 Å². The lowest BCUT2D eigenvalue weighted by Crippen LogP contribution is -2.57. The first kappa shape index (κ1) is 26.6. The van der Waals surface area contributed by atoms with Gasteiger partial charge in [0.05, 0.1) is 19.3 Å². The first-order valence-corrected chi connectivity index (χ1v) is 15.5. The fraction of sp³-hybridized carbons (Fsp3) is 0.719. The molecule has 1 aromatic rings. The van der Waals surface area contributed by atoms with Gasteiger partial charge in [-0.05, 0) is 106 Å². The third kappa shape index (κ3) is 5.18. The maximum Gasteiger partial charge on any atom is 0.320 e. The van der Waals surface area contributed by atoms with Crippen LogP contribution >= 0.6 is 0 Å². The summed E-state index contributed by atoms with van der Waals surface area (Å²) in [7, 11) is 1.58. The molecule has 6 fully saturated rings. The van der Waals surface area contributed by atoms with Crippen LogP contribution in [0.5, 0.6) is 5.75 Å². The van der Waals surface area contributed by atoms with E-state index in [0.717, 1.165) is 37.5 Å². The molecule has 5 saturated carbocycles. The second-order valence-electron chi connectivity index (χ2n) is 13.2. The summed E-state index contributed by atoms with van der Waals surface area (Å²) in [6, 6.07) is 5.87. The second-order valence-corrected chi connectivity index (χ2v) is 13.2. The van der Waals surface area contributed by atoms with Crippen LogP contribution in [-0.2, 0) is 9.59 Å². The van der Waals surface area contributed by atoms with E-state index in [4.69, 9.17) is 10.5 Å². The predicted molar refractivity (Wildman–Crippen MR) is 150 cm³/mol. The molecule has 4 bridgehead atoms. The van der Waals surface area contributed by atoms with Crippen molar-refractivity contribution in [2.45, 2.75) is 95.6 Å². The van der Waals surface area contributed by atoms with Crippen LogP contribution < -0.4 is 15.4 Å². The van der Waals surface area contributed by atoms with Crippen molar-refractivity contribution in [2.75, 3.05) is 18.6 Å². The number of nitrogens with two attached hydrogens (primary N) is 1. The van der Waals surface area contributed by atoms with Gasteiger partial charge in [0.25, 0.3) is 0 Å². The van der Waals surface area contributed by atoms with Gasteiger partial charge in [-0.1, -0.05) is 25.3 Å². The zero-order chi connectivity index (χ0) is 27.1. The number of carbonyl (C=O) groups is 3. The summed E-state index contributed by atoms with van der Waals surface area (Å²) in [5.41, 5.74) is 6.49. The molecule has 2 unspecified atom stereocenters. The van der Waals surface area contributed by atoms with E-state index in [9.17, 15) is 14.4 Å². The number of benzene rings is 1. The van der Waals surface area contributed by atoms with Crippen LogP contribution in [-0.4, -0.2) is 48.4 Å². The normalized spacial score (nSPS) is 34.5. The smallest absolute Gasteiger partial charge is 0.320 e. The van der Waals surface area contributed by atoms with E-state index in [1.54, 1.807) is 19.2 Å². The number of anilines is 1. The summed E-state index contributed by atoms with van der Waals surface area (Å²) in [6.07, 6.45) is 14.2. The average Bonchev–Trinajstić information content (AvgIpc) is 3.07. The molecule has 1 heterocycles. The molecule has 7 rings (SSSR count). The number of ether oxygens (including phenoxy) is 1. The third-order valence-corrected chi connectivity index (χ3v) is 10.9. The molecule has 1 saturated heterocycles. The molecule has 7 nitrogen and oxygen atoms in total. The second kappa shape index (κ2) is 11.1. The van der Waals surface area contributed by atoms with Crippen molar-refractivity contribution in [3.8, 4) is 5.75 Å². The van der Waals surface area contributed by atoms with Crippen molar-refractivity contribution in [2.24, 2.45) is 41.2 Å². The van der Waals surface area contributed by atoms with Crippen molar-refractivity contribution < 1.29 is 19.1 Å². The average molecular weight is 536 g/mol. The standard InChI is InChI=1S/C32H45N3O4/c1-39-26-10-5-9-25(18-26)35(32(33)38)28-12-6-11-27(22-7-3-2-4-8-22)34(31(28)37)19-29(36)30-23-14-20-13-21(16-23)17-24(30)15-20/h5,9-10,18,20-24,27-28,30H,2-4,6-8,11-17,19H2,1H3,(H2,33,38). The highest BCUT2D eigenvalue weighted by molar-refractivity contribution is 6.00. The van der Waals surface area contributed by atoms with Gasteiger partial charge in [0.15, 0.2) is 5.78 Å². The molecule has 1 aliphatic heterocycles. The maximum atomic E-state index is 14.5. The van der Waals surface area contributed by atoms with Gasteiger partial charge >= 0.3 is 6.03 Å².